The van der Waals surface area contributed by atoms with Gasteiger partial charge >= 0.3 is 0 Å². The van der Waals surface area contributed by atoms with Gasteiger partial charge < -0.3 is 14.7 Å². The van der Waals surface area contributed by atoms with Crippen LogP contribution in [0.1, 0.15) is 17.7 Å². The zero-order chi connectivity index (χ0) is 20.0. The van der Waals surface area contributed by atoms with Gasteiger partial charge in [0.05, 0.1) is 11.9 Å². The van der Waals surface area contributed by atoms with Crippen molar-refractivity contribution in [1.29, 1.82) is 0 Å². The van der Waals surface area contributed by atoms with E-state index in [4.69, 9.17) is 4.52 Å². The predicted octanol–water partition coefficient (Wildman–Crippen LogP) is 0.911. The molecule has 0 aliphatic carbocycles. The molecular formula is C17H28IN7O3S. The summed E-state index contributed by atoms with van der Waals surface area (Å²) in [4.78, 5) is 6.41. The smallest absolute Gasteiger partial charge is 0.220 e. The number of hydrogen-bond donors (Lipinski definition) is 1. The lowest BCUT2D eigenvalue weighted by molar-refractivity contribution is 0.259. The summed E-state index contributed by atoms with van der Waals surface area (Å²) in [5.41, 5.74) is 1.58. The molecule has 1 fully saturated rings. The summed E-state index contributed by atoms with van der Waals surface area (Å²) in [6.45, 7) is 5.67. The van der Waals surface area contributed by atoms with Crippen LogP contribution >= 0.6 is 24.0 Å². The lowest BCUT2D eigenvalue weighted by Gasteiger charge is -2.35. The summed E-state index contributed by atoms with van der Waals surface area (Å²) < 4.78 is 33.2. The van der Waals surface area contributed by atoms with Crippen LogP contribution in [-0.4, -0.2) is 78.3 Å². The van der Waals surface area contributed by atoms with Crippen molar-refractivity contribution in [2.24, 2.45) is 4.99 Å². The molecule has 1 N–H and O–H groups in total. The van der Waals surface area contributed by atoms with Gasteiger partial charge in [0.2, 0.25) is 10.0 Å². The molecule has 0 saturated carbocycles. The van der Waals surface area contributed by atoms with Crippen molar-refractivity contribution < 1.29 is 12.9 Å². The Hall–Kier alpha value is -1.67. The third-order valence-corrected chi connectivity index (χ3v) is 6.39. The van der Waals surface area contributed by atoms with Crippen molar-refractivity contribution >= 4 is 40.0 Å². The largest absolute Gasteiger partial charge is 0.364 e. The Labute approximate surface area is 188 Å². The lowest BCUT2D eigenvalue weighted by Crippen LogP contribution is -2.54. The molecule has 0 aromatic carbocycles. The molecule has 3 rings (SSSR count). The van der Waals surface area contributed by atoms with Crippen molar-refractivity contribution in [3.05, 3.63) is 36.0 Å². The molecule has 10 nitrogen and oxygen atoms in total. The van der Waals surface area contributed by atoms with Crippen LogP contribution in [0.15, 0.2) is 34.2 Å². The van der Waals surface area contributed by atoms with E-state index >= 15 is 0 Å². The third-order valence-electron chi connectivity index (χ3n) is 4.57. The minimum atomic E-state index is -3.40. The minimum Gasteiger partial charge on any atom is -0.364 e. The number of aromatic nitrogens is 3. The first-order valence-electron chi connectivity index (χ1n) is 9.29. The highest BCUT2D eigenvalue weighted by atomic mass is 127. The van der Waals surface area contributed by atoms with Gasteiger partial charge in [-0.2, -0.15) is 9.40 Å². The number of nitrogens with zero attached hydrogens (tertiary/aromatic N) is 6. The number of hydrogen-bond acceptors (Lipinski definition) is 6. The second-order valence-electron chi connectivity index (χ2n) is 6.74. The molecule has 2 aromatic heterocycles. The van der Waals surface area contributed by atoms with Crippen LogP contribution in [0.4, 0.5) is 0 Å². The summed E-state index contributed by atoms with van der Waals surface area (Å²) in [5.74, 6) is 0.661. The number of guanidine groups is 1. The lowest BCUT2D eigenvalue weighted by atomic mass is 10.3. The number of nitrogens with one attached hydrogen (secondary N) is 1. The minimum absolute atomic E-state index is 0. The number of rotatable bonds is 7. The van der Waals surface area contributed by atoms with Crippen LogP contribution in [0.2, 0.25) is 0 Å². The van der Waals surface area contributed by atoms with E-state index in [1.807, 2.05) is 24.0 Å². The summed E-state index contributed by atoms with van der Waals surface area (Å²) in [5, 5.41) is 11.3. The van der Waals surface area contributed by atoms with Crippen molar-refractivity contribution in [3.63, 3.8) is 0 Å². The Kier molecular flexibility index (Phi) is 8.89. The second kappa shape index (κ2) is 10.9. The number of aliphatic imine (C=N–C) groups is 1. The normalized spacial score (nSPS) is 15.9. The molecule has 0 atom stereocenters. The molecule has 1 aliphatic heterocycles. The molecule has 1 saturated heterocycles. The van der Waals surface area contributed by atoms with Gasteiger partial charge in [-0.1, -0.05) is 5.16 Å². The summed E-state index contributed by atoms with van der Waals surface area (Å²) >= 11 is 0. The highest BCUT2D eigenvalue weighted by Gasteiger charge is 2.28. The monoisotopic (exact) mass is 537 g/mol. The fourth-order valence-corrected chi connectivity index (χ4v) is 4.56. The van der Waals surface area contributed by atoms with Crippen LogP contribution < -0.4 is 5.32 Å². The summed E-state index contributed by atoms with van der Waals surface area (Å²) in [6, 6.07) is 1.57. The highest BCUT2D eigenvalue weighted by Crippen LogP contribution is 2.12. The number of aryl methyl sites for hydroxylation is 2. The van der Waals surface area contributed by atoms with Gasteiger partial charge in [-0.15, -0.1) is 24.0 Å². The van der Waals surface area contributed by atoms with E-state index in [-0.39, 0.29) is 29.7 Å². The fourth-order valence-electron chi connectivity index (χ4n) is 3.13. The molecule has 0 bridgehead atoms. The molecule has 0 unspecified atom stereocenters. The average Bonchev–Trinajstić information content (AvgIpc) is 3.33. The molecule has 0 spiro atoms. The molecule has 12 heteroatoms. The van der Waals surface area contributed by atoms with Gasteiger partial charge in [-0.3, -0.25) is 9.67 Å². The number of piperazine rings is 1. The first-order valence-corrected chi connectivity index (χ1v) is 10.9. The van der Waals surface area contributed by atoms with Crippen LogP contribution in [0.5, 0.6) is 0 Å². The van der Waals surface area contributed by atoms with Gasteiger partial charge in [-0.05, 0) is 18.9 Å². The molecular weight excluding hydrogens is 509 g/mol. The molecule has 29 heavy (non-hydrogen) atoms. The Balaban J connectivity index is 0.00000300. The molecule has 1 aliphatic rings. The summed E-state index contributed by atoms with van der Waals surface area (Å²) in [7, 11) is -1.65. The zero-order valence-electron chi connectivity index (χ0n) is 16.7. The number of halogens is 1. The van der Waals surface area contributed by atoms with E-state index in [1.165, 1.54) is 10.6 Å². The Bertz CT molecular complexity index is 875. The maximum absolute atomic E-state index is 12.5. The second-order valence-corrected chi connectivity index (χ2v) is 8.71. The molecule has 2 aromatic rings. The van der Waals surface area contributed by atoms with Gasteiger partial charge in [0.25, 0.3) is 0 Å². The molecule has 3 heterocycles. The van der Waals surface area contributed by atoms with E-state index < -0.39 is 10.0 Å². The average molecular weight is 537 g/mol. The maximum atomic E-state index is 12.5. The van der Waals surface area contributed by atoms with E-state index in [0.717, 1.165) is 31.0 Å². The first kappa shape index (κ1) is 23.6. The molecule has 0 amide bonds. The van der Waals surface area contributed by atoms with Gasteiger partial charge in [0.1, 0.15) is 12.0 Å². The maximum Gasteiger partial charge on any atom is 0.220 e. The molecule has 162 valence electrons. The topological polar surface area (TPSA) is 109 Å². The predicted molar refractivity (Wildman–Crippen MR) is 121 cm³/mol. The van der Waals surface area contributed by atoms with E-state index in [2.05, 4.69) is 25.5 Å². The Morgan fingerprint density at radius 3 is 2.66 bits per heavy atom. The Morgan fingerprint density at radius 2 is 2.07 bits per heavy atom. The van der Waals surface area contributed by atoms with Crippen LogP contribution in [0, 0.1) is 6.92 Å². The van der Waals surface area contributed by atoms with Crippen molar-refractivity contribution in [1.82, 2.24) is 29.5 Å². The Morgan fingerprint density at radius 1 is 1.31 bits per heavy atom. The number of sulfonamides is 1. The zero-order valence-corrected chi connectivity index (χ0v) is 19.8. The standard InChI is InChI=1S/C17H27N7O3S.HI/c1-15-12-20-23(13-15)6-3-5-19-17(18-2)22-7-9-24(10-8-22)28(25,26)14-16-4-11-27-21-16;/h4,11-13H,3,5-10,14H2,1-2H3,(H,18,19);1H. The van der Waals surface area contributed by atoms with E-state index in [0.29, 0.717) is 31.9 Å². The third kappa shape index (κ3) is 6.67. The van der Waals surface area contributed by atoms with E-state index in [1.54, 1.807) is 13.1 Å². The highest BCUT2D eigenvalue weighted by molar-refractivity contribution is 14.0. The first-order chi connectivity index (χ1) is 13.5. The van der Waals surface area contributed by atoms with Crippen molar-refractivity contribution in [3.8, 4) is 0 Å². The van der Waals surface area contributed by atoms with E-state index in [9.17, 15) is 8.42 Å². The van der Waals surface area contributed by atoms with Crippen LogP contribution in [-0.2, 0) is 22.3 Å². The molecule has 0 radical (unpaired) electrons. The quantitative estimate of drug-likeness (QED) is 0.242. The summed E-state index contributed by atoms with van der Waals surface area (Å²) in [6.07, 6.45) is 6.17. The van der Waals surface area contributed by atoms with Crippen LogP contribution in [0.3, 0.4) is 0 Å². The fraction of sp³-hybridized carbons (Fsp3) is 0.588. The van der Waals surface area contributed by atoms with Gasteiger partial charge in [0, 0.05) is 58.6 Å². The van der Waals surface area contributed by atoms with Crippen molar-refractivity contribution in [2.45, 2.75) is 25.6 Å². The SMILES string of the molecule is CN=C(NCCCn1cc(C)cn1)N1CCN(S(=O)(=O)Cc2ccon2)CC1.I. The van der Waals surface area contributed by atoms with Crippen molar-refractivity contribution in [2.75, 3.05) is 39.8 Å². The van der Waals surface area contributed by atoms with Gasteiger partial charge in [0.15, 0.2) is 5.96 Å². The van der Waals surface area contributed by atoms with Crippen LogP contribution in [0.25, 0.3) is 0 Å². The van der Waals surface area contributed by atoms with Gasteiger partial charge in [-0.25, -0.2) is 8.42 Å².